The number of carboxylic acid groups (broad SMARTS) is 1. The van der Waals surface area contributed by atoms with Gasteiger partial charge < -0.3 is 5.11 Å². The zero-order chi connectivity index (χ0) is 12.2. The molecule has 4 nitrogen and oxygen atoms in total. The molecule has 0 aliphatic heterocycles. The Morgan fingerprint density at radius 2 is 1.81 bits per heavy atom. The molecule has 0 bridgehead atoms. The summed E-state index contributed by atoms with van der Waals surface area (Å²) in [5.41, 5.74) is 0.0921. The molecule has 0 aromatic heterocycles. The largest absolute Gasteiger partial charge is 0.478 e. The van der Waals surface area contributed by atoms with E-state index in [-0.39, 0.29) is 16.2 Å². The minimum Gasteiger partial charge on any atom is -0.478 e. The van der Waals surface area contributed by atoms with Gasteiger partial charge in [-0.2, -0.15) is 0 Å². The second-order valence-electron chi connectivity index (χ2n) is 3.50. The molecule has 1 rings (SSSR count). The van der Waals surface area contributed by atoms with Crippen molar-refractivity contribution < 1.29 is 18.3 Å². The Morgan fingerprint density at radius 3 is 2.25 bits per heavy atom. The summed E-state index contributed by atoms with van der Waals surface area (Å²) in [7, 11) is -3.26. The van der Waals surface area contributed by atoms with Gasteiger partial charge in [0.25, 0.3) is 0 Å². The van der Waals surface area contributed by atoms with Crippen molar-refractivity contribution in [2.75, 3.05) is 5.75 Å². The Hall–Kier alpha value is -1.36. The fourth-order valence-electron chi connectivity index (χ4n) is 1.26. The van der Waals surface area contributed by atoms with Crippen LogP contribution in [-0.4, -0.2) is 25.2 Å². The lowest BCUT2D eigenvalue weighted by atomic mass is 10.2. The summed E-state index contributed by atoms with van der Waals surface area (Å²) in [4.78, 5) is 10.8. The van der Waals surface area contributed by atoms with E-state index in [4.69, 9.17) is 5.11 Å². The van der Waals surface area contributed by atoms with Gasteiger partial charge in [0.1, 0.15) is 0 Å². The molecule has 1 aromatic rings. The number of carboxylic acids is 1. The molecule has 1 N–H and O–H groups in total. The van der Waals surface area contributed by atoms with E-state index < -0.39 is 15.8 Å². The molecule has 0 radical (unpaired) electrons. The third kappa shape index (κ3) is 3.06. The van der Waals surface area contributed by atoms with E-state index in [0.29, 0.717) is 6.42 Å². The molecule has 0 saturated carbocycles. The van der Waals surface area contributed by atoms with E-state index in [0.717, 1.165) is 6.42 Å². The molecule has 0 saturated heterocycles. The lowest BCUT2D eigenvalue weighted by Gasteiger charge is -2.03. The average molecular weight is 242 g/mol. The monoisotopic (exact) mass is 242 g/mol. The second-order valence-corrected chi connectivity index (χ2v) is 5.61. The third-order valence-electron chi connectivity index (χ3n) is 2.23. The number of carbonyl (C=O) groups is 1. The van der Waals surface area contributed by atoms with Crippen LogP contribution in [0.25, 0.3) is 0 Å². The van der Waals surface area contributed by atoms with Gasteiger partial charge in [-0.1, -0.05) is 13.3 Å². The first-order chi connectivity index (χ1) is 7.47. The highest BCUT2D eigenvalue weighted by Gasteiger charge is 2.14. The summed E-state index contributed by atoms with van der Waals surface area (Å²) in [6.45, 7) is 1.92. The number of hydrogen-bond donors (Lipinski definition) is 1. The van der Waals surface area contributed by atoms with Gasteiger partial charge in [0.05, 0.1) is 16.2 Å². The van der Waals surface area contributed by atoms with Crippen molar-refractivity contribution in [3.05, 3.63) is 29.8 Å². The molecule has 0 fully saturated rings. The van der Waals surface area contributed by atoms with Gasteiger partial charge in [0, 0.05) is 0 Å². The standard InChI is InChI=1S/C11H14O4S/c1-2-3-8-16(14,15)10-6-4-9(5-7-10)11(12)13/h4-7H,2-3,8H2,1H3,(H,12,13). The van der Waals surface area contributed by atoms with Crippen LogP contribution in [0, 0.1) is 0 Å². The molecule has 88 valence electrons. The molecule has 16 heavy (non-hydrogen) atoms. The first-order valence-corrected chi connectivity index (χ1v) is 6.68. The van der Waals surface area contributed by atoms with Crippen LogP contribution >= 0.6 is 0 Å². The van der Waals surface area contributed by atoms with Crippen LogP contribution in [0.3, 0.4) is 0 Å². The third-order valence-corrected chi connectivity index (χ3v) is 4.04. The molecule has 0 unspecified atom stereocenters. The maximum absolute atomic E-state index is 11.7. The van der Waals surface area contributed by atoms with Gasteiger partial charge in [-0.3, -0.25) is 0 Å². The predicted molar refractivity (Wildman–Crippen MR) is 60.4 cm³/mol. The highest BCUT2D eigenvalue weighted by molar-refractivity contribution is 7.91. The summed E-state index contributed by atoms with van der Waals surface area (Å²) < 4.78 is 23.4. The minimum absolute atomic E-state index is 0.0921. The molecule has 0 heterocycles. The maximum atomic E-state index is 11.7. The zero-order valence-electron chi connectivity index (χ0n) is 9.01. The SMILES string of the molecule is CCCCS(=O)(=O)c1ccc(C(=O)O)cc1. The molecular formula is C11H14O4S. The van der Waals surface area contributed by atoms with Crippen LogP contribution in [0.2, 0.25) is 0 Å². The van der Waals surface area contributed by atoms with Gasteiger partial charge in [-0.05, 0) is 30.7 Å². The average Bonchev–Trinajstić information content (AvgIpc) is 2.26. The second kappa shape index (κ2) is 5.12. The molecule has 0 atom stereocenters. The molecule has 0 amide bonds. The van der Waals surface area contributed by atoms with Gasteiger partial charge in [0.15, 0.2) is 9.84 Å². The summed E-state index contributed by atoms with van der Waals surface area (Å²) in [6.07, 6.45) is 1.43. The highest BCUT2D eigenvalue weighted by Crippen LogP contribution is 2.13. The van der Waals surface area contributed by atoms with Crippen molar-refractivity contribution in [3.8, 4) is 0 Å². The molecule has 5 heteroatoms. The molecule has 0 aliphatic carbocycles. The van der Waals surface area contributed by atoms with Crippen molar-refractivity contribution in [1.82, 2.24) is 0 Å². The topological polar surface area (TPSA) is 71.4 Å². The minimum atomic E-state index is -3.26. The van der Waals surface area contributed by atoms with Gasteiger partial charge in [0.2, 0.25) is 0 Å². The van der Waals surface area contributed by atoms with Crippen LogP contribution in [-0.2, 0) is 9.84 Å². The van der Waals surface area contributed by atoms with Gasteiger partial charge in [-0.25, -0.2) is 13.2 Å². The number of aromatic carboxylic acids is 1. The number of unbranched alkanes of at least 4 members (excludes halogenated alkanes) is 1. The highest BCUT2D eigenvalue weighted by atomic mass is 32.2. The molecule has 0 aliphatic rings. The van der Waals surface area contributed by atoms with Crippen LogP contribution in [0.5, 0.6) is 0 Å². The van der Waals surface area contributed by atoms with E-state index in [1.165, 1.54) is 24.3 Å². The van der Waals surface area contributed by atoms with Crippen molar-refractivity contribution in [2.45, 2.75) is 24.7 Å². The first-order valence-electron chi connectivity index (χ1n) is 5.03. The lowest BCUT2D eigenvalue weighted by Crippen LogP contribution is -2.07. The Labute approximate surface area is 94.8 Å². The van der Waals surface area contributed by atoms with E-state index in [1.54, 1.807) is 0 Å². The number of sulfone groups is 1. The normalized spacial score (nSPS) is 11.3. The molecule has 0 spiro atoms. The van der Waals surface area contributed by atoms with Crippen molar-refractivity contribution in [1.29, 1.82) is 0 Å². The van der Waals surface area contributed by atoms with Crippen LogP contribution in [0.15, 0.2) is 29.2 Å². The van der Waals surface area contributed by atoms with Crippen LogP contribution in [0.1, 0.15) is 30.1 Å². The summed E-state index contributed by atoms with van der Waals surface area (Å²) in [6, 6.07) is 5.30. The quantitative estimate of drug-likeness (QED) is 0.856. The lowest BCUT2D eigenvalue weighted by molar-refractivity contribution is 0.0697. The Morgan fingerprint density at radius 1 is 1.25 bits per heavy atom. The summed E-state index contributed by atoms with van der Waals surface area (Å²) in [5, 5.41) is 8.67. The van der Waals surface area contributed by atoms with Crippen molar-refractivity contribution in [3.63, 3.8) is 0 Å². The summed E-state index contributed by atoms with van der Waals surface area (Å²) in [5.74, 6) is -0.951. The van der Waals surface area contributed by atoms with E-state index in [9.17, 15) is 13.2 Å². The van der Waals surface area contributed by atoms with Crippen molar-refractivity contribution >= 4 is 15.8 Å². The van der Waals surface area contributed by atoms with Gasteiger partial charge >= 0.3 is 5.97 Å². The number of rotatable bonds is 5. The molecule has 1 aromatic carbocycles. The van der Waals surface area contributed by atoms with Crippen LogP contribution in [0.4, 0.5) is 0 Å². The molecular weight excluding hydrogens is 228 g/mol. The summed E-state index contributed by atoms with van der Waals surface area (Å²) >= 11 is 0. The van der Waals surface area contributed by atoms with Crippen molar-refractivity contribution in [2.24, 2.45) is 0 Å². The van der Waals surface area contributed by atoms with E-state index in [2.05, 4.69) is 0 Å². The number of benzene rings is 1. The first kappa shape index (κ1) is 12.7. The smallest absolute Gasteiger partial charge is 0.335 e. The Balaban J connectivity index is 2.93. The zero-order valence-corrected chi connectivity index (χ0v) is 9.83. The van der Waals surface area contributed by atoms with Gasteiger partial charge in [-0.15, -0.1) is 0 Å². The Bertz CT molecular complexity index is 459. The Kier molecular flexibility index (Phi) is 4.06. The fraction of sp³-hybridized carbons (Fsp3) is 0.364. The van der Waals surface area contributed by atoms with Crippen LogP contribution < -0.4 is 0 Å². The predicted octanol–water partition coefficient (Wildman–Crippen LogP) is 1.96. The fourth-order valence-corrected chi connectivity index (χ4v) is 2.71. The maximum Gasteiger partial charge on any atom is 0.335 e. The van der Waals surface area contributed by atoms with E-state index >= 15 is 0 Å². The van der Waals surface area contributed by atoms with E-state index in [1.807, 2.05) is 6.92 Å². The number of hydrogen-bond acceptors (Lipinski definition) is 3.